The van der Waals surface area contributed by atoms with Crippen LogP contribution in [0.5, 0.6) is 0 Å². The predicted molar refractivity (Wildman–Crippen MR) is 579 cm³/mol. The fraction of sp³-hybridized carbons (Fsp3) is 0.0909. The minimum atomic E-state index is -0.188. The zero-order chi connectivity index (χ0) is 96.7. The molecule has 15 aromatic carbocycles. The minimum absolute atomic E-state index is 0. The van der Waals surface area contributed by atoms with Crippen LogP contribution in [-0.4, -0.2) is 29.9 Å². The Bertz CT molecular complexity index is 8270. The Hall–Kier alpha value is -15.5. The number of hydrogen-bond acceptors (Lipinski definition) is 9. The van der Waals surface area contributed by atoms with Crippen molar-refractivity contribution >= 4 is 65.8 Å². The summed E-state index contributed by atoms with van der Waals surface area (Å²) in [5.41, 5.74) is 34.7. The summed E-state index contributed by atoms with van der Waals surface area (Å²) in [4.78, 5) is 26.8. The fourth-order valence-electron chi connectivity index (χ4n) is 17.8. The molecule has 9 aromatic heterocycles. The quantitative estimate of drug-likeness (QED) is 0.0925. The molecule has 0 fully saturated rings. The largest absolute Gasteiger partial charge is 0.500 e. The Morgan fingerprint density at radius 1 is 0.222 bits per heavy atom. The van der Waals surface area contributed by atoms with Gasteiger partial charge in [0, 0.05) is 141 Å². The molecule has 9 heterocycles. The van der Waals surface area contributed by atoms with Crippen molar-refractivity contribution < 1.29 is 73.6 Å². The monoisotopic (exact) mass is 2400 g/mol. The van der Waals surface area contributed by atoms with E-state index < -0.39 is 0 Å². The van der Waals surface area contributed by atoms with Gasteiger partial charge in [-0.2, -0.15) is 0 Å². The Morgan fingerprint density at radius 3 is 1.18 bits per heavy atom. The van der Waals surface area contributed by atoms with E-state index in [1.54, 1.807) is 12.4 Å². The van der Waals surface area contributed by atoms with Crippen molar-refractivity contribution in [3.63, 3.8) is 0 Å². The van der Waals surface area contributed by atoms with E-state index in [4.69, 9.17) is 18.2 Å². The summed E-state index contributed by atoms with van der Waals surface area (Å²) >= 11 is 0. The van der Waals surface area contributed by atoms with E-state index in [9.17, 15) is 0 Å². The molecule has 0 bridgehead atoms. The van der Waals surface area contributed by atoms with Crippen molar-refractivity contribution in [3.8, 4) is 101 Å². The van der Waals surface area contributed by atoms with E-state index >= 15 is 0 Å². The number of nitrogens with zero attached hydrogens (tertiary/aromatic N) is 6. The molecule has 24 rings (SSSR count). The summed E-state index contributed by atoms with van der Waals surface area (Å²) in [6.45, 7) is 19.8. The van der Waals surface area contributed by atoms with Crippen molar-refractivity contribution in [2.24, 2.45) is 0 Å². The molecule has 0 saturated carbocycles. The molecule has 144 heavy (non-hydrogen) atoms. The number of pyridine rings is 6. The summed E-state index contributed by atoms with van der Waals surface area (Å²) in [6, 6.07) is 162. The van der Waals surface area contributed by atoms with Crippen LogP contribution in [0.25, 0.3) is 167 Å². The second kappa shape index (κ2) is 46.5. The molecule has 24 aromatic rings. The molecular weight excluding hydrogens is 2290 g/mol. The van der Waals surface area contributed by atoms with Crippen LogP contribution in [0.1, 0.15) is 91.6 Å². The Labute approximate surface area is 883 Å². The third-order valence-corrected chi connectivity index (χ3v) is 26.0. The summed E-state index contributed by atoms with van der Waals surface area (Å²) in [5, 5.41) is 6.63. The van der Waals surface area contributed by atoms with Crippen molar-refractivity contribution in [1.29, 1.82) is 0 Å². The van der Waals surface area contributed by atoms with Crippen LogP contribution >= 0.6 is 0 Å². The molecule has 0 amide bonds. The van der Waals surface area contributed by atoms with Crippen LogP contribution in [0.2, 0.25) is 0 Å². The van der Waals surface area contributed by atoms with Gasteiger partial charge in [0.05, 0.1) is 16.7 Å². The van der Waals surface area contributed by atoms with E-state index in [-0.39, 0.29) is 76.6 Å². The maximum atomic E-state index is 6.42. The van der Waals surface area contributed by atoms with Crippen molar-refractivity contribution in [2.45, 2.75) is 78.6 Å². The number of fused-ring (bicyclic) bond motifs is 9. The van der Waals surface area contributed by atoms with Crippen LogP contribution < -0.4 is 0 Å². The van der Waals surface area contributed by atoms with Gasteiger partial charge >= 0.3 is 0 Å². The summed E-state index contributed by atoms with van der Waals surface area (Å²) in [6.07, 6.45) is 11.1. The Morgan fingerprint density at radius 2 is 0.653 bits per heavy atom. The molecule has 0 saturated heterocycles. The minimum Gasteiger partial charge on any atom is -0.500 e. The Kier molecular flexibility index (Phi) is 32.8. The van der Waals surface area contributed by atoms with Gasteiger partial charge < -0.3 is 43.2 Å². The van der Waals surface area contributed by atoms with Crippen molar-refractivity contribution in [3.05, 3.63) is 542 Å². The van der Waals surface area contributed by atoms with Crippen molar-refractivity contribution in [1.82, 2.24) is 29.9 Å². The molecule has 12 heteroatoms. The number of aromatic nitrogens is 6. The molecule has 3 radical (unpaired) electrons. The summed E-state index contributed by atoms with van der Waals surface area (Å²) < 4.78 is 18.8. The van der Waals surface area contributed by atoms with E-state index in [2.05, 4.69) is 378 Å². The molecule has 0 aliphatic carbocycles. The summed E-state index contributed by atoms with van der Waals surface area (Å²) in [5.74, 6) is 0. The third-order valence-electron chi connectivity index (χ3n) is 26.0. The van der Waals surface area contributed by atoms with Crippen LogP contribution in [0.3, 0.4) is 0 Å². The van der Waals surface area contributed by atoms with Gasteiger partial charge in [0.1, 0.15) is 16.7 Å². The van der Waals surface area contributed by atoms with Gasteiger partial charge in [-0.1, -0.05) is 336 Å². The van der Waals surface area contributed by atoms with E-state index in [1.807, 2.05) is 189 Å². The molecule has 9 nitrogen and oxygen atoms in total. The standard InChI is InChI=1S/C33H26NO.C32H24NO.C27H22NO.C17H12N.C12H10N.C11H8N.3Ir/c1-22-18-30(34-21-29(22)23-10-6-4-7-11-23)24-14-16-31-27(19-24)28-20-26(15-17-32(28)35-31)33(2,3)25-12-8-5-9-13-25;1-32(2,25-12-7-4-8-13-25)28-15-9-14-26-27-20-24(16-17-30(27)34-31(26)28)29-21-23(18-19-33-29)22-10-5-3-6-11-22;1-18-13-14-28-24(15-18)19-9-12-25-23(16-19)22-11-10-21(17-26(22)29-25)27(2,3)20-7-5-4-6-8-20;1-2-7-14(8-3-1)15-9-6-10-16(13-15)17-11-4-5-12-18-17;1-10-7-8-12(13-9-10)11-5-3-2-4-6-11;1-2-6-10(7-3-1)11-8-4-5-9-12-11;;;/h4-13,15-21H,1-3H3;3-15,17-21H,1-2H3;4-8,10-17H,1-3H3;1-9,11-13H;2-5,7-9H,1H3;1-6,8-9H;;;/q6*-1;;;. The number of para-hydroxylation sites is 1. The Balaban J connectivity index is 0.000000128. The van der Waals surface area contributed by atoms with Crippen LogP contribution in [0.15, 0.2) is 469 Å². The van der Waals surface area contributed by atoms with Gasteiger partial charge in [-0.25, -0.2) is 0 Å². The molecule has 0 unspecified atom stereocenters. The first-order valence-corrected chi connectivity index (χ1v) is 47.4. The van der Waals surface area contributed by atoms with Gasteiger partial charge in [0.15, 0.2) is 0 Å². The fourth-order valence-corrected chi connectivity index (χ4v) is 17.8. The van der Waals surface area contributed by atoms with E-state index in [1.165, 1.54) is 72.3 Å². The molecule has 0 aliphatic heterocycles. The maximum absolute atomic E-state index is 6.42. The second-order valence-corrected chi connectivity index (χ2v) is 36.6. The normalized spacial score (nSPS) is 11.1. The number of rotatable bonds is 15. The molecule has 0 aliphatic rings. The average Bonchev–Trinajstić information content (AvgIpc) is 1.57. The van der Waals surface area contributed by atoms with Crippen LogP contribution in [0.4, 0.5) is 0 Å². The summed E-state index contributed by atoms with van der Waals surface area (Å²) in [7, 11) is 0. The van der Waals surface area contributed by atoms with Gasteiger partial charge in [-0.3, -0.25) is 0 Å². The van der Waals surface area contributed by atoms with E-state index in [0.29, 0.717) is 0 Å². The maximum Gasteiger partial charge on any atom is 0.125 e. The first kappa shape index (κ1) is 101. The van der Waals surface area contributed by atoms with Crippen LogP contribution in [-0.2, 0) is 76.6 Å². The van der Waals surface area contributed by atoms with Crippen molar-refractivity contribution in [2.75, 3.05) is 0 Å². The predicted octanol–water partition coefficient (Wildman–Crippen LogP) is 33.9. The van der Waals surface area contributed by atoms with Gasteiger partial charge in [-0.05, 0) is 159 Å². The average molecular weight is 2400 g/mol. The molecule has 0 atom stereocenters. The van der Waals surface area contributed by atoms with Crippen LogP contribution in [0, 0.1) is 57.2 Å². The number of hydrogen-bond donors (Lipinski definition) is 0. The topological polar surface area (TPSA) is 117 Å². The second-order valence-electron chi connectivity index (χ2n) is 36.6. The molecular formula is C132H102Ir3N6O3-6. The number of benzene rings is 15. The third kappa shape index (κ3) is 23.3. The molecule has 711 valence electrons. The molecule has 0 N–H and O–H groups in total. The SMILES string of the molecule is CC(C)(c1ccccc1)c1cccc2c1oc1c[c-]c(-c3cc(-c4ccccc4)ccn3)cc12.Cc1cc(-c2[c-]cc3oc4ccc(C(C)(C)c5ccccc5)cc4c3c2)ncc1-c1ccccc1.Cc1ccc(-c2[c-]cccc2)nc1.Cc1ccnc(-c2[c-]cc3oc4cc(C(C)(C)c5ccccc5)ccc4c3c2)c1.[Ir].[Ir].[Ir].[c-]1ccc(-c2ccccc2)cc1-c1ccccn1.[c-]1ccccc1-c1ccccn1. The number of aryl methyl sites for hydroxylation is 3. The van der Waals surface area contributed by atoms with Gasteiger partial charge in [-0.15, -0.1) is 178 Å². The zero-order valence-electron chi connectivity index (χ0n) is 81.2. The van der Waals surface area contributed by atoms with Gasteiger partial charge in [0.25, 0.3) is 0 Å². The first-order valence-electron chi connectivity index (χ1n) is 47.4. The first-order chi connectivity index (χ1) is 68.9. The smallest absolute Gasteiger partial charge is 0.125 e. The zero-order valence-corrected chi connectivity index (χ0v) is 88.4. The van der Waals surface area contributed by atoms with Gasteiger partial charge in [0.2, 0.25) is 0 Å². The molecule has 0 spiro atoms. The van der Waals surface area contributed by atoms with E-state index in [0.717, 1.165) is 144 Å². The number of furan rings is 3.